The van der Waals surface area contributed by atoms with Gasteiger partial charge in [0.15, 0.2) is 5.82 Å². The van der Waals surface area contributed by atoms with Gasteiger partial charge in [-0.25, -0.2) is 0 Å². The second-order valence-corrected chi connectivity index (χ2v) is 6.04. The van der Waals surface area contributed by atoms with Crippen LogP contribution in [-0.2, 0) is 17.8 Å². The molecule has 2 aromatic heterocycles. The van der Waals surface area contributed by atoms with Gasteiger partial charge in [0, 0.05) is 19.5 Å². The molecular weight excluding hydrogens is 306 g/mol. The molecule has 1 aliphatic rings. The fraction of sp³-hybridized carbons (Fsp3) is 0.294. The number of hydrogen-bond donors (Lipinski definition) is 0. The molecule has 0 fully saturated rings. The molecule has 4 rings (SSSR count). The van der Waals surface area contributed by atoms with Gasteiger partial charge in [0.2, 0.25) is 17.5 Å². The van der Waals surface area contributed by atoms with Gasteiger partial charge in [0.05, 0.1) is 12.2 Å². The molecule has 1 amide bonds. The monoisotopic (exact) mass is 323 g/mol. The van der Waals surface area contributed by atoms with Gasteiger partial charge < -0.3 is 9.42 Å². The van der Waals surface area contributed by atoms with Crippen molar-refractivity contribution in [2.45, 2.75) is 25.9 Å². The molecule has 0 bridgehead atoms. The topological polar surface area (TPSA) is 77.0 Å². The molecule has 7 nitrogen and oxygen atoms in total. The minimum atomic E-state index is -0.392. The van der Waals surface area contributed by atoms with Crippen LogP contribution in [0.15, 0.2) is 40.9 Å². The second kappa shape index (κ2) is 5.59. The number of amides is 1. The van der Waals surface area contributed by atoms with Gasteiger partial charge in [-0.3, -0.25) is 9.36 Å². The zero-order valence-corrected chi connectivity index (χ0v) is 13.5. The van der Waals surface area contributed by atoms with Crippen molar-refractivity contribution in [2.24, 2.45) is 0 Å². The molecule has 0 unspecified atom stereocenters. The van der Waals surface area contributed by atoms with Gasteiger partial charge >= 0.3 is 0 Å². The molecule has 3 heterocycles. The van der Waals surface area contributed by atoms with Crippen molar-refractivity contribution in [1.29, 1.82) is 0 Å². The van der Waals surface area contributed by atoms with E-state index in [-0.39, 0.29) is 5.91 Å². The first-order valence-corrected chi connectivity index (χ1v) is 7.80. The van der Waals surface area contributed by atoms with Crippen LogP contribution in [0.3, 0.4) is 0 Å². The molecule has 1 aliphatic heterocycles. The number of aryl methyl sites for hydroxylation is 1. The maximum atomic E-state index is 12.8. The summed E-state index contributed by atoms with van der Waals surface area (Å²) in [5.41, 5.74) is 1.85. The predicted octanol–water partition coefficient (Wildman–Crippen LogP) is 2.00. The highest BCUT2D eigenvalue weighted by molar-refractivity contribution is 5.82. The summed E-state index contributed by atoms with van der Waals surface area (Å²) in [5.74, 6) is 1.88. The van der Waals surface area contributed by atoms with Crippen LogP contribution >= 0.6 is 0 Å². The average Bonchev–Trinajstić information content (AvgIpc) is 3.18. The van der Waals surface area contributed by atoms with Crippen molar-refractivity contribution in [3.8, 4) is 11.6 Å². The lowest BCUT2D eigenvalue weighted by atomic mass is 10.0. The minimum absolute atomic E-state index is 0.0450. The quantitative estimate of drug-likeness (QED) is 0.737. The zero-order valence-electron chi connectivity index (χ0n) is 13.5. The van der Waals surface area contributed by atoms with Crippen molar-refractivity contribution in [3.63, 3.8) is 0 Å². The summed E-state index contributed by atoms with van der Waals surface area (Å²) in [6, 6.07) is 11.4. The smallest absolute Gasteiger partial charge is 0.246 e. The first kappa shape index (κ1) is 14.6. The van der Waals surface area contributed by atoms with Crippen molar-refractivity contribution in [3.05, 3.63) is 53.5 Å². The Bertz CT molecular complexity index is 884. The highest BCUT2D eigenvalue weighted by Crippen LogP contribution is 2.30. The van der Waals surface area contributed by atoms with Crippen molar-refractivity contribution in [2.75, 3.05) is 7.05 Å². The number of rotatable bonds is 3. The Labute approximate surface area is 138 Å². The Kier molecular flexibility index (Phi) is 3.41. The molecule has 0 aliphatic carbocycles. The molecule has 122 valence electrons. The van der Waals surface area contributed by atoms with E-state index in [0.29, 0.717) is 24.6 Å². The summed E-state index contributed by atoms with van der Waals surface area (Å²) < 4.78 is 7.22. The maximum Gasteiger partial charge on any atom is 0.246 e. The van der Waals surface area contributed by atoms with Gasteiger partial charge in [-0.2, -0.15) is 0 Å². The number of nitrogens with zero attached hydrogens (tertiary/aromatic N) is 5. The van der Waals surface area contributed by atoms with Crippen molar-refractivity contribution in [1.82, 2.24) is 24.8 Å². The Morgan fingerprint density at radius 1 is 1.25 bits per heavy atom. The first-order chi connectivity index (χ1) is 11.6. The molecule has 3 aromatic rings. The van der Waals surface area contributed by atoms with Crippen molar-refractivity contribution >= 4 is 5.91 Å². The number of carbonyl (C=O) groups is 1. The molecule has 0 N–H and O–H groups in total. The number of carbonyl (C=O) groups excluding carboxylic acids is 1. The number of likely N-dealkylation sites (N-methyl/N-ethyl adjacent to an activating group) is 1. The summed E-state index contributed by atoms with van der Waals surface area (Å²) >= 11 is 0. The maximum absolute atomic E-state index is 12.8. The fourth-order valence-electron chi connectivity index (χ4n) is 3.07. The summed E-state index contributed by atoms with van der Waals surface area (Å²) in [5, 5.41) is 12.4. The van der Waals surface area contributed by atoms with E-state index in [1.807, 2.05) is 41.8 Å². The van der Waals surface area contributed by atoms with E-state index < -0.39 is 6.04 Å². The third-order valence-electron chi connectivity index (χ3n) is 4.24. The number of fused-ring (bicyclic) bond motifs is 1. The third-order valence-corrected chi connectivity index (χ3v) is 4.24. The third kappa shape index (κ3) is 2.38. The standard InChI is InChI=1S/C17H17N5O2/c1-11-8-14(24-20-11)16-19-18-15-10-21(2)17(23)13(22(15)16)9-12-6-4-3-5-7-12/h3-8,13H,9-10H2,1-2H3/t13-/m0/s1. The van der Waals surface area contributed by atoms with Gasteiger partial charge in [-0.05, 0) is 12.5 Å². The summed E-state index contributed by atoms with van der Waals surface area (Å²) in [6.45, 7) is 2.28. The van der Waals surface area contributed by atoms with Crippen LogP contribution < -0.4 is 0 Å². The van der Waals surface area contributed by atoms with Gasteiger partial charge in [0.25, 0.3) is 0 Å². The minimum Gasteiger partial charge on any atom is -0.353 e. The lowest BCUT2D eigenvalue weighted by Crippen LogP contribution is -2.41. The second-order valence-electron chi connectivity index (χ2n) is 6.04. The number of benzene rings is 1. The van der Waals surface area contributed by atoms with E-state index in [1.54, 1.807) is 18.0 Å². The molecule has 1 atom stereocenters. The van der Waals surface area contributed by atoms with E-state index >= 15 is 0 Å². The van der Waals surface area contributed by atoms with Crippen LogP contribution in [0.2, 0.25) is 0 Å². The molecule has 1 aromatic carbocycles. The molecule has 7 heteroatoms. The van der Waals surface area contributed by atoms with Gasteiger partial charge in [-0.15, -0.1) is 10.2 Å². The van der Waals surface area contributed by atoms with E-state index in [2.05, 4.69) is 15.4 Å². The molecular formula is C17H17N5O2. The Hall–Kier alpha value is -2.96. The predicted molar refractivity (Wildman–Crippen MR) is 85.9 cm³/mol. The molecule has 24 heavy (non-hydrogen) atoms. The summed E-state index contributed by atoms with van der Waals surface area (Å²) in [6.07, 6.45) is 0.579. The summed E-state index contributed by atoms with van der Waals surface area (Å²) in [4.78, 5) is 14.5. The lowest BCUT2D eigenvalue weighted by Gasteiger charge is -2.31. The zero-order chi connectivity index (χ0) is 16.7. The number of aromatic nitrogens is 4. The average molecular weight is 323 g/mol. The molecule has 0 spiro atoms. The van der Waals surface area contributed by atoms with Crippen LogP contribution in [0.25, 0.3) is 11.6 Å². The van der Waals surface area contributed by atoms with E-state index in [0.717, 1.165) is 17.1 Å². The van der Waals surface area contributed by atoms with Crippen LogP contribution in [0.4, 0.5) is 0 Å². The highest BCUT2D eigenvalue weighted by Gasteiger charge is 2.35. The summed E-state index contributed by atoms with van der Waals surface area (Å²) in [7, 11) is 1.79. The van der Waals surface area contributed by atoms with Crippen molar-refractivity contribution < 1.29 is 9.32 Å². The fourth-order valence-corrected chi connectivity index (χ4v) is 3.07. The first-order valence-electron chi connectivity index (χ1n) is 7.80. The SMILES string of the molecule is Cc1cc(-c2nnc3n2[C@@H](Cc2ccccc2)C(=O)N(C)C3)on1. The largest absolute Gasteiger partial charge is 0.353 e. The Balaban J connectivity index is 1.80. The van der Waals surface area contributed by atoms with E-state index in [1.165, 1.54) is 0 Å². The van der Waals surface area contributed by atoms with Crippen LogP contribution in [-0.4, -0.2) is 37.8 Å². The number of hydrogen-bond acceptors (Lipinski definition) is 5. The molecule has 0 radical (unpaired) electrons. The highest BCUT2D eigenvalue weighted by atomic mass is 16.5. The van der Waals surface area contributed by atoms with Gasteiger partial charge in [0.1, 0.15) is 6.04 Å². The van der Waals surface area contributed by atoms with E-state index in [4.69, 9.17) is 4.52 Å². The normalized spacial score (nSPS) is 17.2. The van der Waals surface area contributed by atoms with Crippen LogP contribution in [0, 0.1) is 6.92 Å². The lowest BCUT2D eigenvalue weighted by molar-refractivity contribution is -0.135. The van der Waals surface area contributed by atoms with Crippen LogP contribution in [0.1, 0.15) is 23.1 Å². The molecule has 0 saturated heterocycles. The molecule has 0 saturated carbocycles. The Morgan fingerprint density at radius 3 is 2.75 bits per heavy atom. The van der Waals surface area contributed by atoms with Crippen LogP contribution in [0.5, 0.6) is 0 Å². The van der Waals surface area contributed by atoms with Gasteiger partial charge in [-0.1, -0.05) is 35.5 Å². The Morgan fingerprint density at radius 2 is 2.04 bits per heavy atom. The van der Waals surface area contributed by atoms with E-state index in [9.17, 15) is 4.79 Å².